The summed E-state index contributed by atoms with van der Waals surface area (Å²) in [7, 11) is 0. The maximum atomic E-state index is 11.8. The maximum Gasteiger partial charge on any atom is 0.328 e. The number of carbonyl (C=O) groups is 1. The summed E-state index contributed by atoms with van der Waals surface area (Å²) in [6.07, 6.45) is 0.545. The number of aromatic hydroxyl groups is 2. The standard InChI is InChI=1S/C19H21NO4/c1-3-16(15-9-10-17(21)13(2)19(15)23)20-11-18(22)24-12-14-7-5-4-6-8-14/h4-10,21,23H,3,11-12H2,1-2H3. The van der Waals surface area contributed by atoms with Crippen LogP contribution in [0.2, 0.25) is 0 Å². The first-order valence-corrected chi connectivity index (χ1v) is 7.77. The molecule has 0 aliphatic carbocycles. The van der Waals surface area contributed by atoms with Gasteiger partial charge in [0.2, 0.25) is 0 Å². The van der Waals surface area contributed by atoms with Crippen LogP contribution in [0, 0.1) is 6.92 Å². The zero-order chi connectivity index (χ0) is 17.5. The fourth-order valence-electron chi connectivity index (χ4n) is 2.25. The van der Waals surface area contributed by atoms with Gasteiger partial charge in [0.15, 0.2) is 0 Å². The van der Waals surface area contributed by atoms with Gasteiger partial charge in [-0.05, 0) is 31.0 Å². The molecule has 2 rings (SSSR count). The quantitative estimate of drug-likeness (QED) is 0.630. The number of phenolic OH excluding ortho intramolecular Hbond substituents is 2. The molecule has 0 heterocycles. The van der Waals surface area contributed by atoms with Crippen molar-refractivity contribution in [3.8, 4) is 11.5 Å². The van der Waals surface area contributed by atoms with E-state index in [1.54, 1.807) is 13.0 Å². The van der Waals surface area contributed by atoms with Gasteiger partial charge in [-0.15, -0.1) is 0 Å². The number of nitrogens with zero attached hydrogens (tertiary/aromatic N) is 1. The fourth-order valence-corrected chi connectivity index (χ4v) is 2.25. The van der Waals surface area contributed by atoms with Crippen LogP contribution in [0.4, 0.5) is 0 Å². The number of hydrogen-bond donors (Lipinski definition) is 2. The van der Waals surface area contributed by atoms with Crippen LogP contribution < -0.4 is 0 Å². The topological polar surface area (TPSA) is 79.1 Å². The lowest BCUT2D eigenvalue weighted by Gasteiger charge is -2.10. The lowest BCUT2D eigenvalue weighted by Crippen LogP contribution is -2.11. The Morgan fingerprint density at radius 2 is 1.83 bits per heavy atom. The third-order valence-electron chi connectivity index (χ3n) is 3.69. The Morgan fingerprint density at radius 3 is 2.50 bits per heavy atom. The van der Waals surface area contributed by atoms with E-state index >= 15 is 0 Å². The summed E-state index contributed by atoms with van der Waals surface area (Å²) in [5, 5.41) is 19.7. The number of benzene rings is 2. The Labute approximate surface area is 141 Å². The summed E-state index contributed by atoms with van der Waals surface area (Å²) in [4.78, 5) is 16.1. The van der Waals surface area contributed by atoms with Crippen LogP contribution in [0.3, 0.4) is 0 Å². The largest absolute Gasteiger partial charge is 0.508 e. The molecule has 0 unspecified atom stereocenters. The molecule has 0 bridgehead atoms. The van der Waals surface area contributed by atoms with Gasteiger partial charge in [-0.1, -0.05) is 37.3 Å². The molecule has 0 aliphatic heterocycles. The number of esters is 1. The fraction of sp³-hybridized carbons (Fsp3) is 0.263. The highest BCUT2D eigenvalue weighted by atomic mass is 16.5. The second-order valence-corrected chi connectivity index (χ2v) is 5.37. The van der Waals surface area contributed by atoms with E-state index in [9.17, 15) is 15.0 Å². The molecule has 0 aromatic heterocycles. The molecule has 0 aliphatic rings. The van der Waals surface area contributed by atoms with Crippen LogP contribution in [0.15, 0.2) is 47.5 Å². The molecular weight excluding hydrogens is 306 g/mol. The average molecular weight is 327 g/mol. The van der Waals surface area contributed by atoms with Crippen molar-refractivity contribution in [2.75, 3.05) is 6.54 Å². The van der Waals surface area contributed by atoms with Gasteiger partial charge in [-0.25, -0.2) is 0 Å². The Bertz CT molecular complexity index is 739. The van der Waals surface area contributed by atoms with Gasteiger partial charge in [0.25, 0.3) is 0 Å². The Balaban J connectivity index is 2.03. The minimum Gasteiger partial charge on any atom is -0.508 e. The van der Waals surface area contributed by atoms with Crippen LogP contribution >= 0.6 is 0 Å². The Hall–Kier alpha value is -2.82. The van der Waals surface area contributed by atoms with E-state index in [1.807, 2.05) is 37.3 Å². The zero-order valence-electron chi connectivity index (χ0n) is 13.8. The summed E-state index contributed by atoms with van der Waals surface area (Å²) >= 11 is 0. The van der Waals surface area contributed by atoms with Crippen molar-refractivity contribution >= 4 is 11.7 Å². The molecular formula is C19H21NO4. The van der Waals surface area contributed by atoms with Crippen molar-refractivity contribution in [3.63, 3.8) is 0 Å². The predicted octanol–water partition coefficient (Wildman–Crippen LogP) is 3.35. The van der Waals surface area contributed by atoms with E-state index in [0.717, 1.165) is 5.56 Å². The molecule has 2 N–H and O–H groups in total. The first kappa shape index (κ1) is 17.5. The normalized spacial score (nSPS) is 11.3. The molecule has 5 nitrogen and oxygen atoms in total. The molecule has 2 aromatic rings. The van der Waals surface area contributed by atoms with Crippen molar-refractivity contribution in [2.45, 2.75) is 26.9 Å². The van der Waals surface area contributed by atoms with Gasteiger partial charge in [0, 0.05) is 16.8 Å². The third kappa shape index (κ3) is 4.35. The highest BCUT2D eigenvalue weighted by molar-refractivity contribution is 6.03. The van der Waals surface area contributed by atoms with E-state index < -0.39 is 5.97 Å². The highest BCUT2D eigenvalue weighted by Gasteiger charge is 2.13. The van der Waals surface area contributed by atoms with Crippen LogP contribution in [0.25, 0.3) is 0 Å². The first-order valence-electron chi connectivity index (χ1n) is 7.77. The van der Waals surface area contributed by atoms with E-state index in [0.29, 0.717) is 23.3 Å². The van der Waals surface area contributed by atoms with Gasteiger partial charge < -0.3 is 14.9 Å². The van der Waals surface area contributed by atoms with Gasteiger partial charge in [-0.2, -0.15) is 0 Å². The monoisotopic (exact) mass is 327 g/mol. The van der Waals surface area contributed by atoms with Crippen LogP contribution in [-0.2, 0) is 16.1 Å². The molecule has 0 atom stereocenters. The molecule has 0 saturated carbocycles. The molecule has 24 heavy (non-hydrogen) atoms. The maximum absolute atomic E-state index is 11.8. The Kier molecular flexibility index (Phi) is 5.95. The van der Waals surface area contributed by atoms with Crippen molar-refractivity contribution < 1.29 is 19.7 Å². The smallest absolute Gasteiger partial charge is 0.328 e. The van der Waals surface area contributed by atoms with E-state index in [4.69, 9.17) is 4.74 Å². The lowest BCUT2D eigenvalue weighted by atomic mass is 10.0. The predicted molar refractivity (Wildman–Crippen MR) is 92.4 cm³/mol. The van der Waals surface area contributed by atoms with E-state index in [-0.39, 0.29) is 24.7 Å². The molecule has 0 radical (unpaired) electrons. The second kappa shape index (κ2) is 8.15. The average Bonchev–Trinajstić information content (AvgIpc) is 2.61. The van der Waals surface area contributed by atoms with E-state index in [1.165, 1.54) is 6.07 Å². The van der Waals surface area contributed by atoms with Crippen molar-refractivity contribution in [1.29, 1.82) is 0 Å². The van der Waals surface area contributed by atoms with Crippen molar-refractivity contribution in [3.05, 3.63) is 59.2 Å². The summed E-state index contributed by atoms with van der Waals surface area (Å²) in [6, 6.07) is 12.5. The molecule has 5 heteroatoms. The molecule has 0 fully saturated rings. The molecule has 0 saturated heterocycles. The molecule has 0 amide bonds. The molecule has 2 aromatic carbocycles. The highest BCUT2D eigenvalue weighted by Crippen LogP contribution is 2.30. The minimum absolute atomic E-state index is 0.0201. The van der Waals surface area contributed by atoms with Gasteiger partial charge in [0.05, 0.1) is 0 Å². The Morgan fingerprint density at radius 1 is 1.12 bits per heavy atom. The summed E-state index contributed by atoms with van der Waals surface area (Å²) in [6.45, 7) is 3.60. The zero-order valence-corrected chi connectivity index (χ0v) is 13.8. The number of rotatable bonds is 6. The first-order chi connectivity index (χ1) is 11.5. The third-order valence-corrected chi connectivity index (χ3v) is 3.69. The number of phenols is 2. The number of ether oxygens (including phenoxy) is 1. The van der Waals surface area contributed by atoms with Crippen LogP contribution in [0.5, 0.6) is 11.5 Å². The summed E-state index contributed by atoms with van der Waals surface area (Å²) < 4.78 is 5.18. The number of hydrogen-bond acceptors (Lipinski definition) is 5. The van der Waals surface area contributed by atoms with Crippen molar-refractivity contribution in [2.24, 2.45) is 4.99 Å². The molecule has 0 spiro atoms. The van der Waals surface area contributed by atoms with Gasteiger partial charge >= 0.3 is 5.97 Å². The van der Waals surface area contributed by atoms with Gasteiger partial charge in [-0.3, -0.25) is 9.79 Å². The lowest BCUT2D eigenvalue weighted by molar-refractivity contribution is -0.143. The summed E-state index contributed by atoms with van der Waals surface area (Å²) in [5.74, 6) is -0.429. The summed E-state index contributed by atoms with van der Waals surface area (Å²) in [5.41, 5.74) is 2.41. The van der Waals surface area contributed by atoms with Crippen LogP contribution in [0.1, 0.15) is 30.0 Å². The number of aliphatic imine (C=N–C) groups is 1. The second-order valence-electron chi connectivity index (χ2n) is 5.37. The minimum atomic E-state index is -0.431. The van der Waals surface area contributed by atoms with Crippen LogP contribution in [-0.4, -0.2) is 28.4 Å². The molecule has 126 valence electrons. The SMILES string of the molecule is CCC(=NCC(=O)OCc1ccccc1)c1ccc(O)c(C)c1O. The van der Waals surface area contributed by atoms with E-state index in [2.05, 4.69) is 4.99 Å². The number of carbonyl (C=O) groups excluding carboxylic acids is 1. The van der Waals surface area contributed by atoms with Gasteiger partial charge in [0.1, 0.15) is 24.7 Å². The van der Waals surface area contributed by atoms with Crippen molar-refractivity contribution in [1.82, 2.24) is 0 Å².